The van der Waals surface area contributed by atoms with Crippen molar-refractivity contribution in [3.63, 3.8) is 0 Å². The molecule has 1 aliphatic rings. The first-order valence-electron chi connectivity index (χ1n) is 6.74. The van der Waals surface area contributed by atoms with E-state index in [1.807, 2.05) is 14.0 Å². The number of nitrogens with two attached hydrogens (primary N) is 1. The topological polar surface area (TPSA) is 59.5 Å². The van der Waals surface area contributed by atoms with E-state index in [1.165, 1.54) is 6.42 Å². The first kappa shape index (κ1) is 13.1. The molecule has 2 atom stereocenters. The van der Waals surface area contributed by atoms with E-state index < -0.39 is 0 Å². The predicted octanol–water partition coefficient (Wildman–Crippen LogP) is 2.18. The van der Waals surface area contributed by atoms with Crippen LogP contribution in [0, 0.1) is 0 Å². The Morgan fingerprint density at radius 2 is 2.22 bits per heavy atom. The number of hydrogen-bond donors (Lipinski definition) is 1. The van der Waals surface area contributed by atoms with Crippen LogP contribution in [0.4, 0.5) is 0 Å². The highest BCUT2D eigenvalue weighted by molar-refractivity contribution is 5.95. The van der Waals surface area contributed by atoms with Gasteiger partial charge in [0.05, 0.1) is 11.8 Å². The van der Waals surface area contributed by atoms with Crippen LogP contribution in [0.15, 0.2) is 16.7 Å². The summed E-state index contributed by atoms with van der Waals surface area (Å²) in [7, 11) is 1.85. The Labute approximate surface area is 108 Å². The maximum absolute atomic E-state index is 12.4. The summed E-state index contributed by atoms with van der Waals surface area (Å²) in [4.78, 5) is 14.2. The third-order valence-electron chi connectivity index (χ3n) is 3.90. The van der Waals surface area contributed by atoms with Gasteiger partial charge in [0.2, 0.25) is 0 Å². The van der Waals surface area contributed by atoms with Gasteiger partial charge >= 0.3 is 0 Å². The minimum atomic E-state index is 0.0305. The molecule has 2 N–H and O–H groups in total. The van der Waals surface area contributed by atoms with Crippen LogP contribution in [0.25, 0.3) is 0 Å². The van der Waals surface area contributed by atoms with Gasteiger partial charge < -0.3 is 15.1 Å². The summed E-state index contributed by atoms with van der Waals surface area (Å²) in [5.41, 5.74) is 6.80. The van der Waals surface area contributed by atoms with E-state index in [2.05, 4.69) is 0 Å². The molecule has 100 valence electrons. The minimum absolute atomic E-state index is 0.0305. The van der Waals surface area contributed by atoms with Crippen molar-refractivity contribution in [3.05, 3.63) is 23.7 Å². The molecular weight excluding hydrogens is 228 g/mol. The van der Waals surface area contributed by atoms with Crippen LogP contribution in [-0.2, 0) is 6.42 Å². The third kappa shape index (κ3) is 2.43. The summed E-state index contributed by atoms with van der Waals surface area (Å²) in [5, 5.41) is 0. The normalized spacial score (nSPS) is 23.9. The van der Waals surface area contributed by atoms with Crippen molar-refractivity contribution < 1.29 is 9.21 Å². The summed E-state index contributed by atoms with van der Waals surface area (Å²) in [6.07, 6.45) is 6.66. The monoisotopic (exact) mass is 250 g/mol. The van der Waals surface area contributed by atoms with Crippen molar-refractivity contribution in [2.24, 2.45) is 5.73 Å². The molecule has 2 rings (SSSR count). The maximum atomic E-state index is 12.4. The Morgan fingerprint density at radius 1 is 1.50 bits per heavy atom. The van der Waals surface area contributed by atoms with E-state index >= 15 is 0 Å². The van der Waals surface area contributed by atoms with Gasteiger partial charge in [-0.05, 0) is 18.9 Å². The van der Waals surface area contributed by atoms with Gasteiger partial charge in [0.25, 0.3) is 5.91 Å². The molecule has 0 radical (unpaired) electrons. The fraction of sp³-hybridized carbons (Fsp3) is 0.643. The van der Waals surface area contributed by atoms with Crippen molar-refractivity contribution in [3.8, 4) is 0 Å². The number of likely N-dealkylation sites (N-methyl/N-ethyl adjacent to an activating group) is 1. The quantitative estimate of drug-likeness (QED) is 0.894. The van der Waals surface area contributed by atoms with Gasteiger partial charge in [-0.15, -0.1) is 0 Å². The van der Waals surface area contributed by atoms with E-state index in [0.717, 1.165) is 31.4 Å². The lowest BCUT2D eigenvalue weighted by molar-refractivity contribution is 0.0670. The number of carbonyl (C=O) groups is 1. The number of nitrogens with zero attached hydrogens (tertiary/aromatic N) is 1. The van der Waals surface area contributed by atoms with Gasteiger partial charge in [0, 0.05) is 25.6 Å². The fourth-order valence-corrected chi connectivity index (χ4v) is 2.77. The predicted molar refractivity (Wildman–Crippen MR) is 70.4 cm³/mol. The molecule has 1 saturated carbocycles. The van der Waals surface area contributed by atoms with E-state index in [4.69, 9.17) is 10.2 Å². The third-order valence-corrected chi connectivity index (χ3v) is 3.90. The van der Waals surface area contributed by atoms with E-state index in [0.29, 0.717) is 5.56 Å². The molecule has 0 spiro atoms. The molecule has 1 fully saturated rings. The smallest absolute Gasteiger partial charge is 0.257 e. The van der Waals surface area contributed by atoms with Crippen LogP contribution >= 0.6 is 0 Å². The lowest BCUT2D eigenvalue weighted by Gasteiger charge is -2.36. The van der Waals surface area contributed by atoms with Gasteiger partial charge in [-0.2, -0.15) is 0 Å². The van der Waals surface area contributed by atoms with Crippen molar-refractivity contribution >= 4 is 5.91 Å². The molecular formula is C14H22N2O2. The van der Waals surface area contributed by atoms with E-state index in [9.17, 15) is 4.79 Å². The molecule has 0 aromatic carbocycles. The molecule has 1 aromatic rings. The summed E-state index contributed by atoms with van der Waals surface area (Å²) in [6, 6.07) is 2.02. The average Bonchev–Trinajstić information content (AvgIpc) is 2.86. The second kappa shape index (κ2) is 5.57. The van der Waals surface area contributed by atoms with Crippen LogP contribution in [0.3, 0.4) is 0 Å². The molecule has 1 heterocycles. The van der Waals surface area contributed by atoms with E-state index in [-0.39, 0.29) is 18.0 Å². The van der Waals surface area contributed by atoms with Gasteiger partial charge in [0.1, 0.15) is 5.76 Å². The second-order valence-corrected chi connectivity index (χ2v) is 5.04. The summed E-state index contributed by atoms with van der Waals surface area (Å²) < 4.78 is 5.32. The zero-order chi connectivity index (χ0) is 13.1. The Kier molecular flexibility index (Phi) is 4.07. The molecule has 0 bridgehead atoms. The Hall–Kier alpha value is -1.29. The zero-order valence-electron chi connectivity index (χ0n) is 11.2. The summed E-state index contributed by atoms with van der Waals surface area (Å²) >= 11 is 0. The standard InChI is InChI=1S/C14H22N2O2/c1-3-13-10(8-9-18-13)14(17)16(2)12-7-5-4-6-11(12)15/h8-9,11-12H,3-7,15H2,1-2H3. The van der Waals surface area contributed by atoms with Crippen molar-refractivity contribution in [1.29, 1.82) is 0 Å². The van der Waals surface area contributed by atoms with Gasteiger partial charge in [-0.3, -0.25) is 4.79 Å². The average molecular weight is 250 g/mol. The summed E-state index contributed by atoms with van der Waals surface area (Å²) in [5.74, 6) is 0.791. The Bertz CT molecular complexity index is 414. The summed E-state index contributed by atoms with van der Waals surface area (Å²) in [6.45, 7) is 1.99. The molecule has 1 aromatic heterocycles. The van der Waals surface area contributed by atoms with Crippen molar-refractivity contribution in [1.82, 2.24) is 4.90 Å². The second-order valence-electron chi connectivity index (χ2n) is 5.04. The first-order chi connectivity index (χ1) is 8.65. The SMILES string of the molecule is CCc1occc1C(=O)N(C)C1CCCCC1N. The molecule has 18 heavy (non-hydrogen) atoms. The van der Waals surface area contributed by atoms with Gasteiger partial charge in [-0.25, -0.2) is 0 Å². The highest BCUT2D eigenvalue weighted by Crippen LogP contribution is 2.23. The van der Waals surface area contributed by atoms with Crippen LogP contribution in [0.1, 0.15) is 48.7 Å². The number of amides is 1. The van der Waals surface area contributed by atoms with Crippen LogP contribution in [0.2, 0.25) is 0 Å². The van der Waals surface area contributed by atoms with E-state index in [1.54, 1.807) is 17.2 Å². The number of rotatable bonds is 3. The fourth-order valence-electron chi connectivity index (χ4n) is 2.77. The number of carbonyl (C=O) groups excluding carboxylic acids is 1. The highest BCUT2D eigenvalue weighted by atomic mass is 16.3. The first-order valence-corrected chi connectivity index (χ1v) is 6.74. The molecule has 1 amide bonds. The Morgan fingerprint density at radius 3 is 2.89 bits per heavy atom. The molecule has 2 unspecified atom stereocenters. The Balaban J connectivity index is 2.13. The van der Waals surface area contributed by atoms with Crippen molar-refractivity contribution in [2.45, 2.75) is 51.1 Å². The molecule has 4 heteroatoms. The van der Waals surface area contributed by atoms with Crippen LogP contribution in [-0.4, -0.2) is 29.9 Å². The lowest BCUT2D eigenvalue weighted by Crippen LogP contribution is -2.50. The largest absolute Gasteiger partial charge is 0.469 e. The number of hydrogen-bond acceptors (Lipinski definition) is 3. The number of furan rings is 1. The number of aryl methyl sites for hydroxylation is 1. The maximum Gasteiger partial charge on any atom is 0.257 e. The minimum Gasteiger partial charge on any atom is -0.469 e. The van der Waals surface area contributed by atoms with Gasteiger partial charge in [0.15, 0.2) is 0 Å². The molecule has 0 aliphatic heterocycles. The molecule has 1 aliphatic carbocycles. The van der Waals surface area contributed by atoms with Crippen molar-refractivity contribution in [2.75, 3.05) is 7.05 Å². The zero-order valence-corrected chi connectivity index (χ0v) is 11.2. The van der Waals surface area contributed by atoms with Gasteiger partial charge in [-0.1, -0.05) is 19.8 Å². The molecule has 4 nitrogen and oxygen atoms in total. The molecule has 0 saturated heterocycles. The van der Waals surface area contributed by atoms with Crippen LogP contribution < -0.4 is 5.73 Å². The lowest BCUT2D eigenvalue weighted by atomic mass is 9.90. The highest BCUT2D eigenvalue weighted by Gasteiger charge is 2.30. The van der Waals surface area contributed by atoms with Crippen LogP contribution in [0.5, 0.6) is 0 Å².